The average Bonchev–Trinajstić information content (AvgIpc) is 3.34. The second-order valence-electron chi connectivity index (χ2n) is 8.75. The highest BCUT2D eigenvalue weighted by Gasteiger charge is 2.48. The van der Waals surface area contributed by atoms with E-state index >= 15 is 0 Å². The van der Waals surface area contributed by atoms with Gasteiger partial charge in [0.2, 0.25) is 0 Å². The third kappa shape index (κ3) is 2.79. The van der Waals surface area contributed by atoms with Crippen molar-refractivity contribution in [3.05, 3.63) is 47.8 Å². The number of pyridine rings is 2. The Morgan fingerprint density at radius 2 is 1.90 bits per heavy atom. The van der Waals surface area contributed by atoms with E-state index in [2.05, 4.69) is 15.0 Å². The Morgan fingerprint density at radius 3 is 2.68 bits per heavy atom. The van der Waals surface area contributed by atoms with E-state index in [9.17, 15) is 14.3 Å². The van der Waals surface area contributed by atoms with Crippen molar-refractivity contribution in [1.29, 1.82) is 0 Å². The van der Waals surface area contributed by atoms with Crippen molar-refractivity contribution in [3.8, 4) is 11.3 Å². The molecule has 0 amide bonds. The van der Waals surface area contributed by atoms with Crippen LogP contribution >= 0.6 is 11.6 Å². The zero-order valence-electron chi connectivity index (χ0n) is 16.6. The second kappa shape index (κ2) is 6.79. The summed E-state index contributed by atoms with van der Waals surface area (Å²) in [5, 5.41) is 11.7. The van der Waals surface area contributed by atoms with Gasteiger partial charge in [-0.05, 0) is 49.7 Å². The number of carboxylic acids is 1. The Hall–Kier alpha value is -2.93. The van der Waals surface area contributed by atoms with Crippen LogP contribution < -0.4 is 0 Å². The number of fused-ring (bicyclic) bond motifs is 5. The molecule has 4 heterocycles. The quantitative estimate of drug-likeness (QED) is 0.446. The van der Waals surface area contributed by atoms with Crippen LogP contribution in [-0.2, 0) is 4.79 Å². The highest BCUT2D eigenvalue weighted by atomic mass is 35.5. The third-order valence-corrected chi connectivity index (χ3v) is 7.43. The standard InChI is InChI=1S/C23H20ClFN4O2/c24-13-5-14-15(8-28-22(14)27-7-13)18-6-19-16(9-26-18)17(25)10-29(19)21-12-3-1-11(2-4-12)20(21)23(30)31/h5-12,20-21H,1-4H2,(H,27,28)(H,30,31)/t11?,12?,20-,21-/m1/s1. The van der Waals surface area contributed by atoms with Gasteiger partial charge in [0.25, 0.3) is 0 Å². The van der Waals surface area contributed by atoms with Gasteiger partial charge in [0, 0.05) is 35.7 Å². The van der Waals surface area contributed by atoms with Crippen LogP contribution in [0.3, 0.4) is 0 Å². The first kappa shape index (κ1) is 18.8. The van der Waals surface area contributed by atoms with Crippen LogP contribution in [0.4, 0.5) is 4.39 Å². The monoisotopic (exact) mass is 438 g/mol. The summed E-state index contributed by atoms with van der Waals surface area (Å²) in [5.41, 5.74) is 2.85. The summed E-state index contributed by atoms with van der Waals surface area (Å²) < 4.78 is 16.7. The van der Waals surface area contributed by atoms with Gasteiger partial charge in [-0.3, -0.25) is 9.78 Å². The number of nitrogens with one attached hydrogen (secondary N) is 1. The number of hydrogen-bond acceptors (Lipinski definition) is 3. The summed E-state index contributed by atoms with van der Waals surface area (Å²) in [6.45, 7) is 0. The van der Waals surface area contributed by atoms with Crippen LogP contribution in [0.25, 0.3) is 33.2 Å². The van der Waals surface area contributed by atoms with Gasteiger partial charge < -0.3 is 14.7 Å². The molecule has 0 radical (unpaired) electrons. The molecule has 3 aliphatic carbocycles. The van der Waals surface area contributed by atoms with Gasteiger partial charge in [0.1, 0.15) is 11.5 Å². The zero-order chi connectivity index (χ0) is 21.3. The fourth-order valence-electron chi connectivity index (χ4n) is 5.85. The summed E-state index contributed by atoms with van der Waals surface area (Å²) in [4.78, 5) is 24.1. The molecule has 0 aliphatic heterocycles. The lowest BCUT2D eigenvalue weighted by molar-refractivity contribution is -0.151. The number of aromatic amines is 1. The minimum Gasteiger partial charge on any atom is -0.481 e. The molecule has 2 N–H and O–H groups in total. The van der Waals surface area contributed by atoms with E-state index in [1.165, 1.54) is 12.4 Å². The first-order valence-corrected chi connectivity index (χ1v) is 10.9. The van der Waals surface area contributed by atoms with Crippen LogP contribution in [0.5, 0.6) is 0 Å². The molecule has 2 bridgehead atoms. The first-order chi connectivity index (χ1) is 15.0. The molecule has 3 saturated carbocycles. The maximum atomic E-state index is 14.9. The van der Waals surface area contributed by atoms with Crippen molar-refractivity contribution in [3.63, 3.8) is 0 Å². The van der Waals surface area contributed by atoms with Crippen LogP contribution in [0, 0.1) is 23.6 Å². The van der Waals surface area contributed by atoms with Crippen LogP contribution in [0.15, 0.2) is 36.9 Å². The summed E-state index contributed by atoms with van der Waals surface area (Å²) in [6, 6.07) is 3.43. The Labute approximate surface area is 182 Å². The fraction of sp³-hybridized carbons (Fsp3) is 0.348. The number of hydrogen-bond donors (Lipinski definition) is 2. The molecule has 3 aliphatic rings. The summed E-state index contributed by atoms with van der Waals surface area (Å²) in [6.07, 6.45) is 10.2. The topological polar surface area (TPSA) is 83.8 Å². The summed E-state index contributed by atoms with van der Waals surface area (Å²) >= 11 is 6.14. The number of carbonyl (C=O) groups is 1. The molecule has 4 aromatic heterocycles. The maximum absolute atomic E-state index is 14.9. The lowest BCUT2D eigenvalue weighted by Gasteiger charge is -2.47. The van der Waals surface area contributed by atoms with Gasteiger partial charge in [-0.2, -0.15) is 0 Å². The predicted octanol–water partition coefficient (Wildman–Crippen LogP) is 5.43. The number of aliphatic carboxylic acids is 1. The van der Waals surface area contributed by atoms with Gasteiger partial charge >= 0.3 is 5.97 Å². The molecule has 8 heteroatoms. The highest BCUT2D eigenvalue weighted by Crippen LogP contribution is 2.52. The van der Waals surface area contributed by atoms with Gasteiger partial charge in [0.05, 0.1) is 33.6 Å². The maximum Gasteiger partial charge on any atom is 0.308 e. The molecular weight excluding hydrogens is 419 g/mol. The van der Waals surface area contributed by atoms with Gasteiger partial charge in [-0.25, -0.2) is 9.37 Å². The molecular formula is C23H20ClFN4O2. The van der Waals surface area contributed by atoms with E-state index in [4.69, 9.17) is 11.6 Å². The Morgan fingerprint density at radius 1 is 1.13 bits per heavy atom. The van der Waals surface area contributed by atoms with Crippen molar-refractivity contribution < 1.29 is 14.3 Å². The van der Waals surface area contributed by atoms with Gasteiger partial charge in [0.15, 0.2) is 0 Å². The van der Waals surface area contributed by atoms with Crippen molar-refractivity contribution >= 4 is 39.5 Å². The number of halogens is 2. The molecule has 158 valence electrons. The molecule has 31 heavy (non-hydrogen) atoms. The van der Waals surface area contributed by atoms with Gasteiger partial charge in [-0.15, -0.1) is 0 Å². The predicted molar refractivity (Wildman–Crippen MR) is 115 cm³/mol. The largest absolute Gasteiger partial charge is 0.481 e. The lowest BCUT2D eigenvalue weighted by Crippen LogP contribution is -2.44. The van der Waals surface area contributed by atoms with Crippen LogP contribution in [-0.4, -0.2) is 30.6 Å². The first-order valence-electron chi connectivity index (χ1n) is 10.5. The molecule has 0 spiro atoms. The van der Waals surface area contributed by atoms with Crippen LogP contribution in [0.1, 0.15) is 31.7 Å². The van der Waals surface area contributed by atoms with Gasteiger partial charge in [-0.1, -0.05) is 11.6 Å². The number of nitrogens with zero attached hydrogens (tertiary/aromatic N) is 3. The highest BCUT2D eigenvalue weighted by molar-refractivity contribution is 6.31. The van der Waals surface area contributed by atoms with E-state index in [1.54, 1.807) is 6.20 Å². The van der Waals surface area contributed by atoms with E-state index in [1.807, 2.05) is 22.9 Å². The number of rotatable bonds is 3. The average molecular weight is 439 g/mol. The van der Waals surface area contributed by atoms with Crippen molar-refractivity contribution in [2.75, 3.05) is 0 Å². The normalized spacial score (nSPS) is 25.5. The molecule has 4 aromatic rings. The van der Waals surface area contributed by atoms with Crippen LogP contribution in [0.2, 0.25) is 5.02 Å². The SMILES string of the molecule is O=C(O)[C@@H]1C2CCC(CC2)[C@H]1n1cc(F)c2cnc(-c3c[nH]c4ncc(Cl)cc34)cc21. The smallest absolute Gasteiger partial charge is 0.308 e. The van der Waals surface area contributed by atoms with Crippen molar-refractivity contribution in [2.24, 2.45) is 17.8 Å². The Balaban J connectivity index is 1.53. The number of aromatic nitrogens is 4. The number of H-pyrrole nitrogens is 1. The lowest BCUT2D eigenvalue weighted by atomic mass is 9.61. The molecule has 0 saturated heterocycles. The zero-order valence-corrected chi connectivity index (χ0v) is 17.3. The van der Waals surface area contributed by atoms with Crippen molar-refractivity contribution in [2.45, 2.75) is 31.7 Å². The molecule has 6 nitrogen and oxygen atoms in total. The number of carboxylic acid groups (broad SMARTS) is 1. The van der Waals surface area contributed by atoms with E-state index in [-0.39, 0.29) is 23.7 Å². The molecule has 3 fully saturated rings. The summed E-state index contributed by atoms with van der Waals surface area (Å²) in [7, 11) is 0. The Kier molecular flexibility index (Phi) is 4.12. The van der Waals surface area contributed by atoms with E-state index in [0.717, 1.165) is 36.6 Å². The minimum absolute atomic E-state index is 0.149. The second-order valence-corrected chi connectivity index (χ2v) is 9.19. The Bertz CT molecular complexity index is 1340. The molecule has 7 rings (SSSR count). The fourth-order valence-corrected chi connectivity index (χ4v) is 6.01. The van der Waals surface area contributed by atoms with E-state index in [0.29, 0.717) is 27.3 Å². The van der Waals surface area contributed by atoms with Crippen molar-refractivity contribution in [1.82, 2.24) is 19.5 Å². The minimum atomic E-state index is -0.784. The summed E-state index contributed by atoms with van der Waals surface area (Å²) in [5.74, 6) is -1.25. The van der Waals surface area contributed by atoms with E-state index < -0.39 is 11.9 Å². The molecule has 0 unspecified atom stereocenters. The molecule has 2 atom stereocenters. The molecule has 0 aromatic carbocycles. The third-order valence-electron chi connectivity index (χ3n) is 7.23.